The first-order chi connectivity index (χ1) is 12.6. The smallest absolute Gasteiger partial charge is 0.407 e. The maximum Gasteiger partial charge on any atom is 0.407 e. The molecule has 1 amide bonds. The zero-order valence-corrected chi connectivity index (χ0v) is 18.1. The highest BCUT2D eigenvalue weighted by atomic mass is 79.9. The normalized spacial score (nSPS) is 21.3. The number of amides is 1. The van der Waals surface area contributed by atoms with Gasteiger partial charge in [0.2, 0.25) is 0 Å². The molecule has 1 N–H and O–H groups in total. The number of nitrogens with one attached hydrogen (secondary N) is 1. The second-order valence-electron chi connectivity index (χ2n) is 7.80. The summed E-state index contributed by atoms with van der Waals surface area (Å²) in [5.41, 5.74) is 0.719. The van der Waals surface area contributed by atoms with Gasteiger partial charge in [-0.05, 0) is 54.4 Å². The van der Waals surface area contributed by atoms with Gasteiger partial charge >= 0.3 is 6.09 Å². The van der Waals surface area contributed by atoms with Crippen LogP contribution in [0.3, 0.4) is 0 Å². The van der Waals surface area contributed by atoms with Crippen LogP contribution < -0.4 is 10.1 Å². The number of benzene rings is 2. The summed E-state index contributed by atoms with van der Waals surface area (Å²) in [7, 11) is 0. The van der Waals surface area contributed by atoms with Crippen LogP contribution in [0, 0.1) is 0 Å². The summed E-state index contributed by atoms with van der Waals surface area (Å²) >= 11 is 9.88. The van der Waals surface area contributed by atoms with E-state index in [0.29, 0.717) is 5.02 Å². The standard InChI is InChI=1S/C21H23BrClNO3/c1-13-17-16(11-10-15(23)18(17)22)27-21(13,14-8-6-5-7-9-14)12-26-19(25)24-20(2,3)4/h5-11,13H,12H2,1-4H3,(H,24,25)/t13-,21-/m0/s1. The lowest BCUT2D eigenvalue weighted by atomic mass is 9.81. The molecule has 0 unspecified atom stereocenters. The minimum atomic E-state index is -0.827. The second kappa shape index (κ2) is 7.36. The topological polar surface area (TPSA) is 47.6 Å². The van der Waals surface area contributed by atoms with Crippen molar-refractivity contribution in [3.05, 3.63) is 63.1 Å². The van der Waals surface area contributed by atoms with E-state index >= 15 is 0 Å². The minimum Gasteiger partial charge on any atom is -0.478 e. The van der Waals surface area contributed by atoms with E-state index in [2.05, 4.69) is 28.2 Å². The first-order valence-corrected chi connectivity index (χ1v) is 9.98. The maximum absolute atomic E-state index is 12.3. The molecule has 0 radical (unpaired) electrons. The summed E-state index contributed by atoms with van der Waals surface area (Å²) in [6.45, 7) is 7.87. The van der Waals surface area contributed by atoms with Crippen molar-refractivity contribution >= 4 is 33.6 Å². The highest BCUT2D eigenvalue weighted by Gasteiger charge is 2.50. The van der Waals surface area contributed by atoms with Crippen molar-refractivity contribution in [1.82, 2.24) is 5.32 Å². The van der Waals surface area contributed by atoms with Crippen LogP contribution >= 0.6 is 27.5 Å². The molecule has 0 spiro atoms. The molecule has 1 aliphatic rings. The number of carbonyl (C=O) groups excluding carboxylic acids is 1. The van der Waals surface area contributed by atoms with Crippen LogP contribution in [0.2, 0.25) is 5.02 Å². The van der Waals surface area contributed by atoms with Crippen molar-refractivity contribution in [3.8, 4) is 5.75 Å². The van der Waals surface area contributed by atoms with E-state index in [-0.39, 0.29) is 18.1 Å². The lowest BCUT2D eigenvalue weighted by molar-refractivity contribution is -0.00423. The SMILES string of the molecule is C[C@H]1c2c(ccc(Cl)c2Br)O[C@]1(COC(=O)NC(C)(C)C)c1ccccc1. The van der Waals surface area contributed by atoms with Gasteiger partial charge in [-0.25, -0.2) is 4.79 Å². The number of halogens is 2. The molecule has 6 heteroatoms. The molecule has 0 fully saturated rings. The van der Waals surface area contributed by atoms with Crippen LogP contribution in [0.5, 0.6) is 5.75 Å². The van der Waals surface area contributed by atoms with E-state index in [9.17, 15) is 4.79 Å². The average molecular weight is 453 g/mol. The highest BCUT2D eigenvalue weighted by molar-refractivity contribution is 9.10. The molecule has 0 saturated carbocycles. The predicted molar refractivity (Wildman–Crippen MR) is 111 cm³/mol. The quantitative estimate of drug-likeness (QED) is 0.619. The minimum absolute atomic E-state index is 0.0783. The summed E-state index contributed by atoms with van der Waals surface area (Å²) in [4.78, 5) is 12.3. The van der Waals surface area contributed by atoms with Crippen molar-refractivity contribution in [3.63, 3.8) is 0 Å². The zero-order chi connectivity index (χ0) is 19.8. The Hall–Kier alpha value is -1.72. The molecule has 1 heterocycles. The van der Waals surface area contributed by atoms with Gasteiger partial charge < -0.3 is 14.8 Å². The van der Waals surface area contributed by atoms with E-state index in [1.54, 1.807) is 6.07 Å². The van der Waals surface area contributed by atoms with Gasteiger partial charge in [0, 0.05) is 21.5 Å². The zero-order valence-electron chi connectivity index (χ0n) is 15.8. The predicted octanol–water partition coefficient (Wildman–Crippen LogP) is 6.02. The third-order valence-electron chi connectivity index (χ3n) is 4.67. The first kappa shape index (κ1) is 20.0. The molecular formula is C21H23BrClNO3. The monoisotopic (exact) mass is 451 g/mol. The molecule has 1 aliphatic heterocycles. The lowest BCUT2D eigenvalue weighted by Gasteiger charge is -2.33. The summed E-state index contributed by atoms with van der Waals surface area (Å²) in [6, 6.07) is 13.5. The van der Waals surface area contributed by atoms with E-state index in [4.69, 9.17) is 21.1 Å². The number of hydrogen-bond donors (Lipinski definition) is 1. The van der Waals surface area contributed by atoms with Crippen LogP contribution in [0.4, 0.5) is 4.79 Å². The van der Waals surface area contributed by atoms with Gasteiger partial charge in [-0.2, -0.15) is 0 Å². The molecule has 2 aromatic carbocycles. The van der Waals surface area contributed by atoms with E-state index in [1.165, 1.54) is 0 Å². The fraction of sp³-hybridized carbons (Fsp3) is 0.381. The van der Waals surface area contributed by atoms with Gasteiger partial charge in [0.25, 0.3) is 0 Å². The van der Waals surface area contributed by atoms with Gasteiger partial charge in [-0.3, -0.25) is 0 Å². The van der Waals surface area contributed by atoms with Crippen molar-refractivity contribution < 1.29 is 14.3 Å². The van der Waals surface area contributed by atoms with Crippen molar-refractivity contribution in [2.75, 3.05) is 6.61 Å². The Labute approximate surface area is 173 Å². The lowest BCUT2D eigenvalue weighted by Crippen LogP contribution is -2.45. The third-order valence-corrected chi connectivity index (χ3v) is 6.07. The van der Waals surface area contributed by atoms with Crippen molar-refractivity contribution in [1.29, 1.82) is 0 Å². The number of carbonyl (C=O) groups is 1. The molecule has 4 nitrogen and oxygen atoms in total. The summed E-state index contributed by atoms with van der Waals surface area (Å²) in [6.07, 6.45) is -0.471. The van der Waals surface area contributed by atoms with Crippen LogP contribution in [-0.2, 0) is 10.3 Å². The Morgan fingerprint density at radius 3 is 2.56 bits per heavy atom. The summed E-state index contributed by atoms with van der Waals surface area (Å²) in [5.74, 6) is 0.660. The second-order valence-corrected chi connectivity index (χ2v) is 9.00. The Morgan fingerprint density at radius 2 is 1.93 bits per heavy atom. The molecule has 27 heavy (non-hydrogen) atoms. The Bertz CT molecular complexity index is 850. The number of hydrogen-bond acceptors (Lipinski definition) is 3. The van der Waals surface area contributed by atoms with Gasteiger partial charge in [-0.15, -0.1) is 0 Å². The van der Waals surface area contributed by atoms with Crippen molar-refractivity contribution in [2.45, 2.75) is 44.8 Å². The number of ether oxygens (including phenoxy) is 2. The number of fused-ring (bicyclic) bond motifs is 1. The number of alkyl carbamates (subject to hydrolysis) is 1. The van der Waals surface area contributed by atoms with E-state index < -0.39 is 11.7 Å². The molecule has 2 atom stereocenters. The van der Waals surface area contributed by atoms with Crippen LogP contribution in [0.1, 0.15) is 44.7 Å². The van der Waals surface area contributed by atoms with E-state index in [1.807, 2.05) is 57.2 Å². The molecule has 0 aliphatic carbocycles. The number of rotatable bonds is 3. The van der Waals surface area contributed by atoms with Crippen LogP contribution in [0.25, 0.3) is 0 Å². The Morgan fingerprint density at radius 1 is 1.26 bits per heavy atom. The third kappa shape index (κ3) is 3.94. The fourth-order valence-corrected chi connectivity index (χ4v) is 4.18. The molecule has 144 valence electrons. The molecule has 0 saturated heterocycles. The summed E-state index contributed by atoms with van der Waals surface area (Å²) < 4.78 is 12.8. The van der Waals surface area contributed by atoms with Gasteiger partial charge in [0.1, 0.15) is 12.4 Å². The molecule has 0 bridgehead atoms. The van der Waals surface area contributed by atoms with Crippen LogP contribution in [0.15, 0.2) is 46.9 Å². The van der Waals surface area contributed by atoms with Gasteiger partial charge in [0.05, 0.1) is 5.02 Å². The first-order valence-electron chi connectivity index (χ1n) is 8.81. The maximum atomic E-state index is 12.3. The Kier molecular flexibility index (Phi) is 5.46. The van der Waals surface area contributed by atoms with Crippen molar-refractivity contribution in [2.24, 2.45) is 0 Å². The molecular weight excluding hydrogens is 430 g/mol. The highest BCUT2D eigenvalue weighted by Crippen LogP contribution is 2.54. The average Bonchev–Trinajstić information content (AvgIpc) is 2.90. The van der Waals surface area contributed by atoms with E-state index in [0.717, 1.165) is 21.3 Å². The molecule has 3 rings (SSSR count). The molecule has 0 aromatic heterocycles. The van der Waals surface area contributed by atoms with Gasteiger partial charge in [-0.1, -0.05) is 48.9 Å². The van der Waals surface area contributed by atoms with Gasteiger partial charge in [0.15, 0.2) is 5.60 Å². The Balaban J connectivity index is 1.97. The largest absolute Gasteiger partial charge is 0.478 e. The molecule has 2 aromatic rings. The fourth-order valence-electron chi connectivity index (χ4n) is 3.34. The summed E-state index contributed by atoms with van der Waals surface area (Å²) in [5, 5.41) is 3.45. The van der Waals surface area contributed by atoms with Crippen LogP contribution in [-0.4, -0.2) is 18.2 Å².